The van der Waals surface area contributed by atoms with Gasteiger partial charge in [0.25, 0.3) is 0 Å². The molecule has 0 unspecified atom stereocenters. The summed E-state index contributed by atoms with van der Waals surface area (Å²) in [7, 11) is 1.79. The molecule has 0 saturated carbocycles. The standard InChI is InChI=1S/C15H20BrNO/c1-18-10-9-17-8-7-12-14(17)6-5-11-3-2-4-13(16)15(11)12/h2-4,12,14H,5-10H2,1H3/t12-,14-/m1/s1. The highest BCUT2D eigenvalue weighted by atomic mass is 79.9. The van der Waals surface area contributed by atoms with E-state index in [1.54, 1.807) is 18.2 Å². The third kappa shape index (κ3) is 2.13. The van der Waals surface area contributed by atoms with E-state index in [1.165, 1.54) is 30.3 Å². The summed E-state index contributed by atoms with van der Waals surface area (Å²) in [5.74, 6) is 0.723. The molecule has 1 aliphatic carbocycles. The van der Waals surface area contributed by atoms with Crippen molar-refractivity contribution in [2.24, 2.45) is 0 Å². The van der Waals surface area contributed by atoms with Crippen LogP contribution < -0.4 is 0 Å². The van der Waals surface area contributed by atoms with Crippen LogP contribution in [0.25, 0.3) is 0 Å². The number of hydrogen-bond acceptors (Lipinski definition) is 2. The summed E-state index contributed by atoms with van der Waals surface area (Å²) < 4.78 is 6.53. The summed E-state index contributed by atoms with van der Waals surface area (Å²) in [4.78, 5) is 2.62. The van der Waals surface area contributed by atoms with Crippen molar-refractivity contribution in [2.45, 2.75) is 31.2 Å². The van der Waals surface area contributed by atoms with E-state index in [0.717, 1.165) is 25.1 Å². The van der Waals surface area contributed by atoms with Crippen molar-refractivity contribution < 1.29 is 4.74 Å². The van der Waals surface area contributed by atoms with Gasteiger partial charge in [-0.25, -0.2) is 0 Å². The number of fused-ring (bicyclic) bond motifs is 3. The van der Waals surface area contributed by atoms with Gasteiger partial charge in [0.15, 0.2) is 0 Å². The van der Waals surface area contributed by atoms with Crippen LogP contribution in [-0.4, -0.2) is 37.7 Å². The molecule has 0 bridgehead atoms. The molecule has 98 valence electrons. The number of likely N-dealkylation sites (tertiary alicyclic amines) is 1. The molecular formula is C15H20BrNO. The molecule has 0 spiro atoms. The van der Waals surface area contributed by atoms with Crippen molar-refractivity contribution in [3.8, 4) is 0 Å². The van der Waals surface area contributed by atoms with Gasteiger partial charge in [-0.15, -0.1) is 0 Å². The smallest absolute Gasteiger partial charge is 0.0589 e. The molecule has 1 heterocycles. The predicted molar refractivity (Wildman–Crippen MR) is 77.1 cm³/mol. The van der Waals surface area contributed by atoms with E-state index in [1.807, 2.05) is 0 Å². The van der Waals surface area contributed by atoms with Gasteiger partial charge in [-0.3, -0.25) is 4.90 Å². The fourth-order valence-corrected chi connectivity index (χ4v) is 4.34. The van der Waals surface area contributed by atoms with Gasteiger partial charge in [0.2, 0.25) is 0 Å². The SMILES string of the molecule is COCCN1CC[C@H]2c3c(Br)cccc3CC[C@H]21. The van der Waals surface area contributed by atoms with Crippen molar-refractivity contribution in [1.82, 2.24) is 4.90 Å². The Labute approximate surface area is 117 Å². The zero-order valence-electron chi connectivity index (χ0n) is 10.9. The van der Waals surface area contributed by atoms with E-state index < -0.39 is 0 Å². The number of nitrogens with zero attached hydrogens (tertiary/aromatic N) is 1. The molecule has 0 aromatic heterocycles. The zero-order valence-corrected chi connectivity index (χ0v) is 12.4. The first-order chi connectivity index (χ1) is 8.81. The van der Waals surface area contributed by atoms with Crippen LogP contribution in [0.3, 0.4) is 0 Å². The van der Waals surface area contributed by atoms with Crippen LogP contribution >= 0.6 is 15.9 Å². The van der Waals surface area contributed by atoms with Gasteiger partial charge in [0.1, 0.15) is 0 Å². The molecule has 2 atom stereocenters. The van der Waals surface area contributed by atoms with Gasteiger partial charge in [-0.05, 0) is 43.0 Å². The summed E-state index contributed by atoms with van der Waals surface area (Å²) in [5, 5.41) is 0. The van der Waals surface area contributed by atoms with E-state index in [-0.39, 0.29) is 0 Å². The van der Waals surface area contributed by atoms with Crippen molar-refractivity contribution in [3.63, 3.8) is 0 Å². The largest absolute Gasteiger partial charge is 0.383 e. The molecule has 0 N–H and O–H groups in total. The van der Waals surface area contributed by atoms with Crippen LogP contribution in [0.2, 0.25) is 0 Å². The number of rotatable bonds is 3. The van der Waals surface area contributed by atoms with Crippen molar-refractivity contribution in [1.29, 1.82) is 0 Å². The summed E-state index contributed by atoms with van der Waals surface area (Å²) in [6.07, 6.45) is 3.82. The van der Waals surface area contributed by atoms with Crippen molar-refractivity contribution in [2.75, 3.05) is 26.8 Å². The molecule has 1 aliphatic heterocycles. The Morgan fingerprint density at radius 3 is 3.11 bits per heavy atom. The van der Waals surface area contributed by atoms with Crippen molar-refractivity contribution >= 4 is 15.9 Å². The third-order valence-electron chi connectivity index (χ3n) is 4.47. The minimum absolute atomic E-state index is 0.723. The molecule has 3 heteroatoms. The van der Waals surface area contributed by atoms with E-state index in [4.69, 9.17) is 4.74 Å². The maximum absolute atomic E-state index is 5.23. The maximum atomic E-state index is 5.23. The van der Waals surface area contributed by atoms with Gasteiger partial charge >= 0.3 is 0 Å². The van der Waals surface area contributed by atoms with E-state index in [2.05, 4.69) is 39.0 Å². The first-order valence-corrected chi connectivity index (χ1v) is 7.61. The van der Waals surface area contributed by atoms with Crippen LogP contribution in [0.5, 0.6) is 0 Å². The summed E-state index contributed by atoms with van der Waals surface area (Å²) in [6.45, 7) is 3.16. The van der Waals surface area contributed by atoms with Crippen LogP contribution in [0, 0.1) is 0 Å². The lowest BCUT2D eigenvalue weighted by Crippen LogP contribution is -2.37. The number of aryl methyl sites for hydroxylation is 1. The molecule has 0 radical (unpaired) electrons. The van der Waals surface area contributed by atoms with Crippen LogP contribution in [0.4, 0.5) is 0 Å². The molecule has 1 fully saturated rings. The van der Waals surface area contributed by atoms with Gasteiger partial charge < -0.3 is 4.74 Å². The van der Waals surface area contributed by atoms with E-state index in [9.17, 15) is 0 Å². The zero-order chi connectivity index (χ0) is 12.5. The topological polar surface area (TPSA) is 12.5 Å². The lowest BCUT2D eigenvalue weighted by atomic mass is 9.79. The van der Waals surface area contributed by atoms with E-state index >= 15 is 0 Å². The summed E-state index contributed by atoms with van der Waals surface area (Å²) >= 11 is 3.75. The number of halogens is 1. The molecule has 1 aromatic rings. The van der Waals surface area contributed by atoms with Gasteiger partial charge in [-0.1, -0.05) is 28.1 Å². The highest BCUT2D eigenvalue weighted by molar-refractivity contribution is 9.10. The number of ether oxygens (including phenoxy) is 1. The van der Waals surface area contributed by atoms with Crippen LogP contribution in [-0.2, 0) is 11.2 Å². The second-order valence-electron chi connectivity index (χ2n) is 5.34. The summed E-state index contributed by atoms with van der Waals surface area (Å²) in [6, 6.07) is 7.39. The molecule has 1 saturated heterocycles. The fourth-order valence-electron chi connectivity index (χ4n) is 3.64. The molecule has 3 rings (SSSR count). The third-order valence-corrected chi connectivity index (χ3v) is 5.16. The Balaban J connectivity index is 1.84. The van der Waals surface area contributed by atoms with Gasteiger partial charge in [0, 0.05) is 30.1 Å². The Hall–Kier alpha value is -0.380. The van der Waals surface area contributed by atoms with E-state index in [0.29, 0.717) is 0 Å². The second-order valence-corrected chi connectivity index (χ2v) is 6.20. The van der Waals surface area contributed by atoms with Crippen molar-refractivity contribution in [3.05, 3.63) is 33.8 Å². The van der Waals surface area contributed by atoms with Crippen LogP contribution in [0.1, 0.15) is 29.9 Å². The monoisotopic (exact) mass is 309 g/mol. The maximum Gasteiger partial charge on any atom is 0.0589 e. The number of hydrogen-bond donors (Lipinski definition) is 0. The van der Waals surface area contributed by atoms with Gasteiger partial charge in [-0.2, -0.15) is 0 Å². The Morgan fingerprint density at radius 1 is 1.39 bits per heavy atom. The van der Waals surface area contributed by atoms with Crippen LogP contribution in [0.15, 0.2) is 22.7 Å². The second kappa shape index (κ2) is 5.32. The van der Waals surface area contributed by atoms with Gasteiger partial charge in [0.05, 0.1) is 6.61 Å². The lowest BCUT2D eigenvalue weighted by Gasteiger charge is -2.34. The fraction of sp³-hybridized carbons (Fsp3) is 0.600. The average Bonchev–Trinajstić information content (AvgIpc) is 2.79. The molecule has 2 aliphatic rings. The minimum Gasteiger partial charge on any atom is -0.383 e. The first kappa shape index (κ1) is 12.6. The number of methoxy groups -OCH3 is 1. The molecule has 0 amide bonds. The normalized spacial score (nSPS) is 27.0. The molecule has 1 aromatic carbocycles. The average molecular weight is 310 g/mol. The molecule has 18 heavy (non-hydrogen) atoms. The number of benzene rings is 1. The Kier molecular flexibility index (Phi) is 3.73. The Bertz CT molecular complexity index is 435. The highest BCUT2D eigenvalue weighted by Gasteiger charge is 2.39. The minimum atomic E-state index is 0.723. The summed E-state index contributed by atoms with van der Waals surface area (Å²) in [5.41, 5.74) is 3.13. The molecule has 2 nitrogen and oxygen atoms in total. The lowest BCUT2D eigenvalue weighted by molar-refractivity contribution is 0.134. The predicted octanol–water partition coefficient (Wildman–Crippen LogP) is 3.20. The Morgan fingerprint density at radius 2 is 2.28 bits per heavy atom. The quantitative estimate of drug-likeness (QED) is 0.850. The highest BCUT2D eigenvalue weighted by Crippen LogP contribution is 2.44. The molecular weight excluding hydrogens is 290 g/mol. The first-order valence-electron chi connectivity index (χ1n) is 6.81.